The van der Waals surface area contributed by atoms with Crippen LogP contribution in [0.25, 0.3) is 0 Å². The fourth-order valence-electron chi connectivity index (χ4n) is 1.61. The van der Waals surface area contributed by atoms with Gasteiger partial charge in [-0.2, -0.15) is 0 Å². The standard InChI is InChI=1S/C13H9Br2N3O3/c14-7-1-3-9(13(16)17)11(5-7)21-12-6-8(18(19)20)2-4-10(12)15/h1-6H,(H3,16,17). The fraction of sp³-hybridized carbons (Fsp3) is 0. The average molecular weight is 415 g/mol. The van der Waals surface area contributed by atoms with Gasteiger partial charge < -0.3 is 10.5 Å². The van der Waals surface area contributed by atoms with Crippen LogP contribution in [0.5, 0.6) is 11.5 Å². The van der Waals surface area contributed by atoms with Gasteiger partial charge in [0.25, 0.3) is 5.69 Å². The number of nitrogens with zero attached hydrogens (tertiary/aromatic N) is 1. The lowest BCUT2D eigenvalue weighted by Crippen LogP contribution is -2.12. The predicted octanol–water partition coefficient (Wildman–Crippen LogP) is 4.20. The molecule has 0 aromatic heterocycles. The zero-order valence-electron chi connectivity index (χ0n) is 10.5. The van der Waals surface area contributed by atoms with E-state index in [1.807, 2.05) is 0 Å². The SMILES string of the molecule is N=C(N)c1ccc(Br)cc1Oc1cc([N+](=O)[O-])ccc1Br. The Morgan fingerprint density at radius 1 is 1.19 bits per heavy atom. The third kappa shape index (κ3) is 3.59. The Labute approximate surface area is 136 Å². The van der Waals surface area contributed by atoms with Crippen molar-refractivity contribution < 1.29 is 9.66 Å². The summed E-state index contributed by atoms with van der Waals surface area (Å²) in [7, 11) is 0. The molecule has 0 aliphatic carbocycles. The molecule has 2 aromatic rings. The van der Waals surface area contributed by atoms with Crippen molar-refractivity contribution in [2.24, 2.45) is 5.73 Å². The second-order valence-electron chi connectivity index (χ2n) is 4.03. The van der Waals surface area contributed by atoms with Gasteiger partial charge in [0.05, 0.1) is 21.0 Å². The summed E-state index contributed by atoms with van der Waals surface area (Å²) in [6, 6.07) is 9.19. The average Bonchev–Trinajstić information content (AvgIpc) is 2.40. The Balaban J connectivity index is 2.47. The summed E-state index contributed by atoms with van der Waals surface area (Å²) in [5.41, 5.74) is 5.81. The number of nitro benzene ring substituents is 1. The Bertz CT molecular complexity index is 735. The van der Waals surface area contributed by atoms with Crippen molar-refractivity contribution in [2.45, 2.75) is 0 Å². The third-order valence-corrected chi connectivity index (χ3v) is 3.73. The lowest BCUT2D eigenvalue weighted by molar-refractivity contribution is -0.384. The number of ether oxygens (including phenoxy) is 1. The number of nitro groups is 1. The summed E-state index contributed by atoms with van der Waals surface area (Å²) < 4.78 is 6.97. The van der Waals surface area contributed by atoms with Crippen LogP contribution in [0.15, 0.2) is 45.3 Å². The van der Waals surface area contributed by atoms with Crippen molar-refractivity contribution in [1.29, 1.82) is 5.41 Å². The molecule has 0 fully saturated rings. The van der Waals surface area contributed by atoms with Crippen molar-refractivity contribution in [3.05, 3.63) is 61.0 Å². The lowest BCUT2D eigenvalue weighted by atomic mass is 10.2. The minimum absolute atomic E-state index is 0.0902. The quantitative estimate of drug-likeness (QED) is 0.338. The number of nitrogens with two attached hydrogens (primary N) is 1. The molecule has 3 N–H and O–H groups in total. The molecule has 108 valence electrons. The topological polar surface area (TPSA) is 102 Å². The minimum Gasteiger partial charge on any atom is -0.455 e. The second-order valence-corrected chi connectivity index (χ2v) is 5.80. The predicted molar refractivity (Wildman–Crippen MR) is 86.0 cm³/mol. The normalized spacial score (nSPS) is 10.2. The molecule has 0 unspecified atom stereocenters. The molecule has 0 aliphatic heterocycles. The molecule has 0 aliphatic rings. The van der Waals surface area contributed by atoms with Crippen molar-refractivity contribution >= 4 is 43.4 Å². The van der Waals surface area contributed by atoms with E-state index in [2.05, 4.69) is 31.9 Å². The van der Waals surface area contributed by atoms with E-state index in [9.17, 15) is 10.1 Å². The van der Waals surface area contributed by atoms with Gasteiger partial charge in [-0.25, -0.2) is 0 Å². The zero-order chi connectivity index (χ0) is 15.6. The van der Waals surface area contributed by atoms with Crippen LogP contribution in [0.4, 0.5) is 5.69 Å². The second kappa shape index (κ2) is 6.23. The van der Waals surface area contributed by atoms with Crippen molar-refractivity contribution in [3.8, 4) is 11.5 Å². The van der Waals surface area contributed by atoms with E-state index in [1.165, 1.54) is 18.2 Å². The number of hydrogen-bond donors (Lipinski definition) is 2. The highest BCUT2D eigenvalue weighted by molar-refractivity contribution is 9.10. The van der Waals surface area contributed by atoms with Crippen LogP contribution in [-0.4, -0.2) is 10.8 Å². The Morgan fingerprint density at radius 3 is 2.52 bits per heavy atom. The van der Waals surface area contributed by atoms with Gasteiger partial charge in [0.1, 0.15) is 17.3 Å². The number of rotatable bonds is 4. The molecule has 0 saturated heterocycles. The third-order valence-electron chi connectivity index (χ3n) is 2.58. The molecular formula is C13H9Br2N3O3. The van der Waals surface area contributed by atoms with Gasteiger partial charge in [0, 0.05) is 10.5 Å². The van der Waals surface area contributed by atoms with E-state index < -0.39 is 4.92 Å². The summed E-state index contributed by atoms with van der Waals surface area (Å²) in [6.07, 6.45) is 0. The monoisotopic (exact) mass is 413 g/mol. The summed E-state index contributed by atoms with van der Waals surface area (Å²) in [5.74, 6) is 0.446. The highest BCUT2D eigenvalue weighted by atomic mass is 79.9. The summed E-state index contributed by atoms with van der Waals surface area (Å²) in [5, 5.41) is 18.4. The molecule has 2 aromatic carbocycles. The molecule has 0 heterocycles. The van der Waals surface area contributed by atoms with Crippen LogP contribution in [0.3, 0.4) is 0 Å². The Morgan fingerprint density at radius 2 is 1.90 bits per heavy atom. The van der Waals surface area contributed by atoms with Crippen LogP contribution >= 0.6 is 31.9 Å². The van der Waals surface area contributed by atoms with E-state index in [0.29, 0.717) is 15.8 Å². The van der Waals surface area contributed by atoms with Crippen LogP contribution in [-0.2, 0) is 0 Å². The van der Waals surface area contributed by atoms with Gasteiger partial charge in [-0.3, -0.25) is 15.5 Å². The molecule has 0 bridgehead atoms. The van der Waals surface area contributed by atoms with Crippen molar-refractivity contribution in [2.75, 3.05) is 0 Å². The zero-order valence-corrected chi connectivity index (χ0v) is 13.6. The molecule has 0 amide bonds. The first-order valence-electron chi connectivity index (χ1n) is 5.64. The molecular weight excluding hydrogens is 406 g/mol. The minimum atomic E-state index is -0.508. The van der Waals surface area contributed by atoms with Crippen LogP contribution in [0.2, 0.25) is 0 Å². The maximum Gasteiger partial charge on any atom is 0.273 e. The first-order chi connectivity index (χ1) is 9.88. The molecule has 0 spiro atoms. The molecule has 0 radical (unpaired) electrons. The van der Waals surface area contributed by atoms with E-state index >= 15 is 0 Å². The van der Waals surface area contributed by atoms with Crippen LogP contribution < -0.4 is 10.5 Å². The van der Waals surface area contributed by atoms with Crippen LogP contribution in [0, 0.1) is 15.5 Å². The van der Waals surface area contributed by atoms with E-state index in [-0.39, 0.29) is 17.3 Å². The molecule has 0 atom stereocenters. The van der Waals surface area contributed by atoms with Gasteiger partial charge >= 0.3 is 0 Å². The van der Waals surface area contributed by atoms with E-state index in [1.54, 1.807) is 18.2 Å². The lowest BCUT2D eigenvalue weighted by Gasteiger charge is -2.12. The fourth-order valence-corrected chi connectivity index (χ4v) is 2.27. The van der Waals surface area contributed by atoms with E-state index in [4.69, 9.17) is 15.9 Å². The van der Waals surface area contributed by atoms with Gasteiger partial charge in [-0.05, 0) is 40.2 Å². The molecule has 6 nitrogen and oxygen atoms in total. The number of benzene rings is 2. The van der Waals surface area contributed by atoms with Crippen molar-refractivity contribution in [1.82, 2.24) is 0 Å². The number of halogens is 2. The molecule has 21 heavy (non-hydrogen) atoms. The largest absolute Gasteiger partial charge is 0.455 e. The maximum absolute atomic E-state index is 10.8. The summed E-state index contributed by atoms with van der Waals surface area (Å²) in [4.78, 5) is 10.3. The van der Waals surface area contributed by atoms with Gasteiger partial charge in [-0.15, -0.1) is 0 Å². The Kier molecular flexibility index (Phi) is 4.59. The molecule has 2 rings (SSSR count). The van der Waals surface area contributed by atoms with Gasteiger partial charge in [0.2, 0.25) is 0 Å². The van der Waals surface area contributed by atoms with Crippen LogP contribution in [0.1, 0.15) is 5.56 Å². The number of hydrogen-bond acceptors (Lipinski definition) is 4. The van der Waals surface area contributed by atoms with E-state index in [0.717, 1.165) is 4.47 Å². The van der Waals surface area contributed by atoms with Gasteiger partial charge in [0.15, 0.2) is 0 Å². The highest BCUT2D eigenvalue weighted by Gasteiger charge is 2.14. The number of nitrogens with one attached hydrogen (secondary N) is 1. The molecule has 8 heteroatoms. The van der Waals surface area contributed by atoms with Crippen molar-refractivity contribution in [3.63, 3.8) is 0 Å². The molecule has 0 saturated carbocycles. The van der Waals surface area contributed by atoms with Gasteiger partial charge in [-0.1, -0.05) is 15.9 Å². The highest BCUT2D eigenvalue weighted by Crippen LogP contribution is 2.35. The Hall–Kier alpha value is -1.93. The first kappa shape index (κ1) is 15.5. The number of non-ortho nitro benzene ring substituents is 1. The summed E-state index contributed by atoms with van der Waals surface area (Å²) >= 11 is 6.58. The number of amidine groups is 1. The maximum atomic E-state index is 10.8. The smallest absolute Gasteiger partial charge is 0.273 e. The number of nitrogen functional groups attached to an aromatic ring is 1. The first-order valence-corrected chi connectivity index (χ1v) is 7.23. The summed E-state index contributed by atoms with van der Waals surface area (Å²) in [6.45, 7) is 0.